The summed E-state index contributed by atoms with van der Waals surface area (Å²) in [7, 11) is 0. The first-order valence-corrected chi connectivity index (χ1v) is 13.0. The van der Waals surface area contributed by atoms with E-state index in [2.05, 4.69) is 140 Å². The Morgan fingerprint density at radius 1 is 0.514 bits per heavy atom. The average molecular weight is 469 g/mol. The van der Waals surface area contributed by atoms with Gasteiger partial charge in [-0.3, -0.25) is 0 Å². The molecule has 0 heteroatoms. The van der Waals surface area contributed by atoms with E-state index >= 15 is 0 Å². The Morgan fingerprint density at radius 2 is 1.08 bits per heavy atom. The maximum Gasteiger partial charge on any atom is 0.0346 e. The van der Waals surface area contributed by atoms with Crippen LogP contribution in [0.2, 0.25) is 0 Å². The smallest absolute Gasteiger partial charge is 0.0346 e. The molecule has 0 amide bonds. The molecule has 0 aliphatic heterocycles. The third-order valence-electron chi connectivity index (χ3n) is 8.06. The molecule has 0 N–H and O–H groups in total. The van der Waals surface area contributed by atoms with E-state index < -0.39 is 0 Å². The van der Waals surface area contributed by atoms with Crippen molar-refractivity contribution in [2.24, 2.45) is 5.92 Å². The fraction of sp³-hybridized carbons (Fsp3) is 0.0270. The highest BCUT2D eigenvalue weighted by atomic mass is 14.3. The molecule has 0 fully saturated rings. The third kappa shape index (κ3) is 3.03. The normalized spacial score (nSPS) is 17.2. The lowest BCUT2D eigenvalue weighted by Crippen LogP contribution is -2.38. The van der Waals surface area contributed by atoms with Gasteiger partial charge in [-0.05, 0) is 89.2 Å². The molecular formula is C37H24. The summed E-state index contributed by atoms with van der Waals surface area (Å²) >= 11 is 0. The molecule has 0 spiro atoms. The monoisotopic (exact) mass is 468 g/mol. The Bertz CT molecular complexity index is 2000. The summed E-state index contributed by atoms with van der Waals surface area (Å²) in [5.41, 5.74) is 9.33. The molecule has 0 nitrogen and oxygen atoms in total. The van der Waals surface area contributed by atoms with E-state index in [4.69, 9.17) is 0 Å². The predicted molar refractivity (Wildman–Crippen MR) is 157 cm³/mol. The number of hydrogen-bond acceptors (Lipinski definition) is 0. The lowest BCUT2D eigenvalue weighted by molar-refractivity contribution is 0.959. The molecule has 1 unspecified atom stereocenters. The molecular weight excluding hydrogens is 444 g/mol. The molecule has 0 saturated carbocycles. The Labute approximate surface area is 216 Å². The van der Waals surface area contributed by atoms with Crippen molar-refractivity contribution in [2.45, 2.75) is 0 Å². The van der Waals surface area contributed by atoms with Crippen molar-refractivity contribution < 1.29 is 0 Å². The second-order valence-corrected chi connectivity index (χ2v) is 10.1. The molecule has 3 aliphatic carbocycles. The van der Waals surface area contributed by atoms with Crippen LogP contribution in [0.3, 0.4) is 0 Å². The maximum absolute atomic E-state index is 2.46. The van der Waals surface area contributed by atoms with Crippen molar-refractivity contribution in [3.8, 4) is 22.3 Å². The second kappa shape index (κ2) is 7.91. The van der Waals surface area contributed by atoms with E-state index in [9.17, 15) is 0 Å². The summed E-state index contributed by atoms with van der Waals surface area (Å²) in [4.78, 5) is 0. The van der Waals surface area contributed by atoms with Gasteiger partial charge in [-0.1, -0.05) is 121 Å². The Balaban J connectivity index is 1.69. The summed E-state index contributed by atoms with van der Waals surface area (Å²) in [5, 5.41) is 7.86. The summed E-state index contributed by atoms with van der Waals surface area (Å²) in [6.07, 6.45) is 16.1. The Hall–Kier alpha value is -4.68. The molecule has 1 atom stereocenters. The van der Waals surface area contributed by atoms with Gasteiger partial charge in [0.25, 0.3) is 0 Å². The fourth-order valence-electron chi connectivity index (χ4n) is 6.51. The zero-order valence-electron chi connectivity index (χ0n) is 20.4. The van der Waals surface area contributed by atoms with Crippen molar-refractivity contribution in [1.29, 1.82) is 0 Å². The van der Waals surface area contributed by atoms with Crippen molar-refractivity contribution in [2.75, 3.05) is 0 Å². The standard InChI is InChI=1S/C37H24/c1-3-11-25(12-4-1)35-31-21-27-15-7-8-16-28(27)22-32(31)36(26-13-5-2-6-14-26)37-30-20-10-18-24-17-9-19-29(34(24)30)23-33(35)37/h1-23,34H. The number of rotatable bonds is 2. The van der Waals surface area contributed by atoms with E-state index in [1.54, 1.807) is 0 Å². The number of benzene rings is 5. The van der Waals surface area contributed by atoms with Crippen LogP contribution < -0.4 is 10.4 Å². The topological polar surface area (TPSA) is 0 Å². The number of allylic oxidation sites excluding steroid dienone is 8. The summed E-state index contributed by atoms with van der Waals surface area (Å²) < 4.78 is 0. The van der Waals surface area contributed by atoms with Crippen LogP contribution in [0, 0.1) is 5.92 Å². The van der Waals surface area contributed by atoms with E-state index in [-0.39, 0.29) is 5.92 Å². The van der Waals surface area contributed by atoms with Gasteiger partial charge in [0.15, 0.2) is 0 Å². The van der Waals surface area contributed by atoms with Crippen LogP contribution in [0.15, 0.2) is 145 Å². The van der Waals surface area contributed by atoms with Crippen LogP contribution in [0.5, 0.6) is 0 Å². The van der Waals surface area contributed by atoms with Gasteiger partial charge in [-0.15, -0.1) is 0 Å². The third-order valence-corrected chi connectivity index (χ3v) is 8.06. The molecule has 0 radical (unpaired) electrons. The molecule has 3 aliphatic rings. The fourth-order valence-corrected chi connectivity index (χ4v) is 6.51. The summed E-state index contributed by atoms with van der Waals surface area (Å²) in [6, 6.07) is 35.5. The predicted octanol–water partition coefficient (Wildman–Crippen LogP) is 7.88. The van der Waals surface area contributed by atoms with Crippen molar-refractivity contribution in [3.05, 3.63) is 155 Å². The van der Waals surface area contributed by atoms with E-state index in [0.29, 0.717) is 0 Å². The van der Waals surface area contributed by atoms with Crippen molar-refractivity contribution >= 4 is 33.2 Å². The largest absolute Gasteiger partial charge is 0.0622 e. The molecule has 0 aromatic heterocycles. The van der Waals surface area contributed by atoms with Gasteiger partial charge in [0.1, 0.15) is 0 Å². The van der Waals surface area contributed by atoms with Gasteiger partial charge >= 0.3 is 0 Å². The number of hydrogen-bond donors (Lipinski definition) is 0. The van der Waals surface area contributed by atoms with Gasteiger partial charge in [-0.2, -0.15) is 0 Å². The number of fused-ring (bicyclic) bond motifs is 3. The Morgan fingerprint density at radius 3 is 1.78 bits per heavy atom. The van der Waals surface area contributed by atoms with Crippen LogP contribution in [-0.4, -0.2) is 0 Å². The van der Waals surface area contributed by atoms with Gasteiger partial charge in [-0.25, -0.2) is 0 Å². The zero-order valence-corrected chi connectivity index (χ0v) is 20.4. The highest BCUT2D eigenvalue weighted by Crippen LogP contribution is 2.41. The molecule has 0 heterocycles. The van der Waals surface area contributed by atoms with Crippen molar-refractivity contribution in [1.82, 2.24) is 0 Å². The first-order chi connectivity index (χ1) is 18.4. The van der Waals surface area contributed by atoms with Crippen LogP contribution in [0.4, 0.5) is 0 Å². The minimum absolute atomic E-state index is 0.284. The quantitative estimate of drug-likeness (QED) is 0.231. The molecule has 5 aromatic rings. The molecule has 172 valence electrons. The summed E-state index contributed by atoms with van der Waals surface area (Å²) in [5.74, 6) is 0.284. The molecule has 5 aromatic carbocycles. The van der Waals surface area contributed by atoms with Crippen LogP contribution in [0.25, 0.3) is 55.4 Å². The van der Waals surface area contributed by atoms with Crippen LogP contribution in [-0.2, 0) is 0 Å². The SMILES string of the molecule is C1=CC2=CC=CC3=c4c(-c5ccccc5)c5cc6ccccc6cc5c(-c5ccccc5)c4=CC(=C1)C23. The first kappa shape index (κ1) is 20.5. The molecule has 8 rings (SSSR count). The van der Waals surface area contributed by atoms with Crippen LogP contribution in [0.1, 0.15) is 0 Å². The van der Waals surface area contributed by atoms with E-state index in [1.807, 2.05) is 0 Å². The van der Waals surface area contributed by atoms with E-state index in [0.717, 1.165) is 0 Å². The van der Waals surface area contributed by atoms with Crippen LogP contribution >= 0.6 is 0 Å². The van der Waals surface area contributed by atoms with Gasteiger partial charge in [0.2, 0.25) is 0 Å². The lowest BCUT2D eigenvalue weighted by Gasteiger charge is -2.31. The highest BCUT2D eigenvalue weighted by molar-refractivity contribution is 6.12. The van der Waals surface area contributed by atoms with Crippen molar-refractivity contribution in [3.63, 3.8) is 0 Å². The van der Waals surface area contributed by atoms with Gasteiger partial charge < -0.3 is 0 Å². The first-order valence-electron chi connectivity index (χ1n) is 13.0. The van der Waals surface area contributed by atoms with Gasteiger partial charge in [0.05, 0.1) is 0 Å². The van der Waals surface area contributed by atoms with E-state index in [1.165, 1.54) is 71.0 Å². The molecule has 37 heavy (non-hydrogen) atoms. The molecule has 0 bridgehead atoms. The maximum atomic E-state index is 2.46. The molecule has 0 saturated heterocycles. The minimum Gasteiger partial charge on any atom is -0.0622 e. The Kier molecular flexibility index (Phi) is 4.39. The van der Waals surface area contributed by atoms with Gasteiger partial charge in [0, 0.05) is 5.92 Å². The second-order valence-electron chi connectivity index (χ2n) is 10.1. The minimum atomic E-state index is 0.284. The summed E-state index contributed by atoms with van der Waals surface area (Å²) in [6.45, 7) is 0. The zero-order chi connectivity index (χ0) is 24.3. The highest BCUT2D eigenvalue weighted by Gasteiger charge is 2.29. The lowest BCUT2D eigenvalue weighted by atomic mass is 9.72. The average Bonchev–Trinajstić information content (AvgIpc) is 2.96.